The Morgan fingerprint density at radius 1 is 1.31 bits per heavy atom. The van der Waals surface area contributed by atoms with Crippen LogP contribution in [0.2, 0.25) is 0 Å². The lowest BCUT2D eigenvalue weighted by atomic mass is 10.3. The molecule has 0 bridgehead atoms. The number of hydrogen-bond acceptors (Lipinski definition) is 3. The van der Waals surface area contributed by atoms with Crippen LogP contribution in [0.1, 0.15) is 19.3 Å². The van der Waals surface area contributed by atoms with Crippen molar-refractivity contribution in [1.82, 2.24) is 0 Å². The van der Waals surface area contributed by atoms with Gasteiger partial charge in [0.1, 0.15) is 0 Å². The number of nitrogens with zero attached hydrogens (tertiary/aromatic N) is 1. The average molecular weight is 186 g/mol. The molecule has 2 N–H and O–H groups in total. The number of nitrogens with two attached hydrogens (primary N) is 1. The zero-order valence-electron chi connectivity index (χ0n) is 7.49. The van der Waals surface area contributed by atoms with Gasteiger partial charge in [-0.15, -0.1) is 0 Å². The zero-order valence-corrected chi connectivity index (χ0v) is 7.49. The van der Waals surface area contributed by atoms with Crippen molar-refractivity contribution >= 4 is 12.0 Å². The summed E-state index contributed by atoms with van der Waals surface area (Å²) in [6.45, 7) is 1.41. The van der Waals surface area contributed by atoms with Crippen LogP contribution in [0.4, 0.5) is 4.79 Å². The first-order valence-electron chi connectivity index (χ1n) is 4.43. The van der Waals surface area contributed by atoms with Crippen LogP contribution in [0.25, 0.3) is 0 Å². The number of hydrogen-bond donors (Lipinski definition) is 1. The van der Waals surface area contributed by atoms with Gasteiger partial charge in [-0.3, -0.25) is 9.28 Å². The topological polar surface area (TPSA) is 83.2 Å². The molecule has 1 saturated heterocycles. The quantitative estimate of drug-likeness (QED) is 0.563. The SMILES string of the molecule is NC(=O)CC[N+]1(C(=O)[O-])CCCC1. The van der Waals surface area contributed by atoms with Gasteiger partial charge in [0.25, 0.3) is 6.09 Å². The summed E-state index contributed by atoms with van der Waals surface area (Å²) in [5.74, 6) is -0.453. The van der Waals surface area contributed by atoms with Gasteiger partial charge in [0.05, 0.1) is 26.1 Å². The molecule has 13 heavy (non-hydrogen) atoms. The lowest BCUT2D eigenvalue weighted by Gasteiger charge is -2.32. The molecule has 0 aromatic carbocycles. The van der Waals surface area contributed by atoms with Gasteiger partial charge in [0.2, 0.25) is 5.91 Å². The predicted octanol–water partition coefficient (Wildman–Crippen LogP) is -1.18. The Hall–Kier alpha value is -1.10. The molecule has 5 nitrogen and oxygen atoms in total. The molecule has 5 heteroatoms. The smallest absolute Gasteiger partial charge is 0.257 e. The van der Waals surface area contributed by atoms with Crippen molar-refractivity contribution in [3.8, 4) is 0 Å². The Labute approximate surface area is 76.7 Å². The fourth-order valence-electron chi connectivity index (χ4n) is 1.76. The molecular weight excluding hydrogens is 172 g/mol. The van der Waals surface area contributed by atoms with Crippen LogP contribution >= 0.6 is 0 Å². The number of likely N-dealkylation sites (tertiary alicyclic amines) is 1. The standard InChI is InChI=1S/C8H14N2O3/c9-7(11)3-6-10(8(12)13)4-1-2-5-10/h1-6H2,(H2-,9,11,12,13). The van der Waals surface area contributed by atoms with Gasteiger partial charge in [0.15, 0.2) is 0 Å². The average Bonchev–Trinajstić information content (AvgIpc) is 2.50. The van der Waals surface area contributed by atoms with E-state index in [0.717, 1.165) is 12.8 Å². The van der Waals surface area contributed by atoms with Crippen LogP contribution in [0.5, 0.6) is 0 Å². The predicted molar refractivity (Wildman–Crippen MR) is 43.3 cm³/mol. The second-order valence-electron chi connectivity index (χ2n) is 3.51. The fourth-order valence-corrected chi connectivity index (χ4v) is 1.76. The van der Waals surface area contributed by atoms with E-state index in [2.05, 4.69) is 0 Å². The molecule has 0 saturated carbocycles. The highest BCUT2D eigenvalue weighted by atomic mass is 16.4. The number of amides is 2. The van der Waals surface area contributed by atoms with E-state index >= 15 is 0 Å². The minimum Gasteiger partial charge on any atom is -0.498 e. The Morgan fingerprint density at radius 3 is 2.23 bits per heavy atom. The highest BCUT2D eigenvalue weighted by Crippen LogP contribution is 2.19. The lowest BCUT2D eigenvalue weighted by molar-refractivity contribution is -0.863. The molecular formula is C8H14N2O3. The Balaban J connectivity index is 2.57. The minimum absolute atomic E-state index is 0.0943. The molecule has 0 radical (unpaired) electrons. The van der Waals surface area contributed by atoms with Crippen molar-refractivity contribution in [1.29, 1.82) is 0 Å². The van der Waals surface area contributed by atoms with Crippen molar-refractivity contribution in [3.05, 3.63) is 0 Å². The fraction of sp³-hybridized carbons (Fsp3) is 0.750. The summed E-state index contributed by atoms with van der Waals surface area (Å²) in [5, 5.41) is 10.8. The minimum atomic E-state index is -1.08. The number of carboxylic acid groups (broad SMARTS) is 1. The molecule has 2 amide bonds. The summed E-state index contributed by atoms with van der Waals surface area (Å²) < 4.78 is -0.0943. The Morgan fingerprint density at radius 2 is 1.85 bits per heavy atom. The summed E-state index contributed by atoms with van der Waals surface area (Å²) in [6.07, 6.45) is 0.798. The first-order chi connectivity index (χ1) is 6.07. The largest absolute Gasteiger partial charge is 0.498 e. The molecule has 74 valence electrons. The van der Waals surface area contributed by atoms with E-state index < -0.39 is 12.0 Å². The van der Waals surface area contributed by atoms with E-state index in [1.54, 1.807) is 0 Å². The van der Waals surface area contributed by atoms with Crippen molar-refractivity contribution in [3.63, 3.8) is 0 Å². The van der Waals surface area contributed by atoms with Crippen molar-refractivity contribution in [2.75, 3.05) is 19.6 Å². The highest BCUT2D eigenvalue weighted by Gasteiger charge is 2.34. The van der Waals surface area contributed by atoms with Crippen molar-refractivity contribution in [2.45, 2.75) is 19.3 Å². The Bertz CT molecular complexity index is 221. The first-order valence-corrected chi connectivity index (χ1v) is 4.43. The first kappa shape index (κ1) is 9.98. The number of rotatable bonds is 3. The monoisotopic (exact) mass is 186 g/mol. The van der Waals surface area contributed by atoms with Crippen LogP contribution in [0.3, 0.4) is 0 Å². The van der Waals surface area contributed by atoms with Crippen LogP contribution in [0, 0.1) is 0 Å². The van der Waals surface area contributed by atoms with Gasteiger partial charge < -0.3 is 15.6 Å². The van der Waals surface area contributed by atoms with Crippen LogP contribution in [-0.2, 0) is 4.79 Å². The maximum absolute atomic E-state index is 10.8. The molecule has 1 fully saturated rings. The second kappa shape index (κ2) is 3.74. The number of quaternary nitrogens is 1. The van der Waals surface area contributed by atoms with E-state index in [-0.39, 0.29) is 17.4 Å². The summed E-state index contributed by atoms with van der Waals surface area (Å²) in [4.78, 5) is 21.4. The normalized spacial score (nSPS) is 20.0. The summed E-state index contributed by atoms with van der Waals surface area (Å²) in [5.41, 5.74) is 4.97. The third-order valence-corrected chi connectivity index (χ3v) is 2.60. The van der Waals surface area contributed by atoms with Crippen molar-refractivity contribution in [2.24, 2.45) is 5.73 Å². The Kier molecular flexibility index (Phi) is 2.87. The van der Waals surface area contributed by atoms with Gasteiger partial charge in [0, 0.05) is 12.8 Å². The third-order valence-electron chi connectivity index (χ3n) is 2.60. The molecule has 0 unspecified atom stereocenters. The summed E-state index contributed by atoms with van der Waals surface area (Å²) >= 11 is 0. The molecule has 0 atom stereocenters. The highest BCUT2D eigenvalue weighted by molar-refractivity contribution is 5.74. The molecule has 0 aliphatic carbocycles. The number of carbonyl (C=O) groups is 2. The van der Waals surface area contributed by atoms with Gasteiger partial charge in [-0.25, -0.2) is 0 Å². The second-order valence-corrected chi connectivity index (χ2v) is 3.51. The van der Waals surface area contributed by atoms with E-state index in [1.165, 1.54) is 0 Å². The van der Waals surface area contributed by atoms with Gasteiger partial charge in [-0.1, -0.05) is 0 Å². The summed E-state index contributed by atoms with van der Waals surface area (Å²) in [6, 6.07) is 0. The zero-order chi connectivity index (χ0) is 9.90. The molecule has 1 rings (SSSR count). The molecule has 1 heterocycles. The molecule has 1 aliphatic rings. The molecule has 0 spiro atoms. The maximum atomic E-state index is 10.8. The maximum Gasteiger partial charge on any atom is 0.257 e. The van der Waals surface area contributed by atoms with Crippen LogP contribution in [0.15, 0.2) is 0 Å². The van der Waals surface area contributed by atoms with E-state index in [4.69, 9.17) is 5.73 Å². The molecule has 0 aromatic rings. The van der Waals surface area contributed by atoms with E-state index in [9.17, 15) is 14.7 Å². The third kappa shape index (κ3) is 2.18. The number of primary amides is 1. The number of carbonyl (C=O) groups excluding carboxylic acids is 2. The van der Waals surface area contributed by atoms with Crippen LogP contribution in [-0.4, -0.2) is 36.1 Å². The molecule has 0 aromatic heterocycles. The van der Waals surface area contributed by atoms with Gasteiger partial charge >= 0.3 is 0 Å². The summed E-state index contributed by atoms with van der Waals surface area (Å²) in [7, 11) is 0. The van der Waals surface area contributed by atoms with Crippen LogP contribution < -0.4 is 10.8 Å². The van der Waals surface area contributed by atoms with Gasteiger partial charge in [-0.2, -0.15) is 0 Å². The van der Waals surface area contributed by atoms with Crippen molar-refractivity contribution < 1.29 is 19.2 Å². The van der Waals surface area contributed by atoms with E-state index in [0.29, 0.717) is 13.1 Å². The lowest BCUT2D eigenvalue weighted by Crippen LogP contribution is -2.57. The van der Waals surface area contributed by atoms with E-state index in [1.807, 2.05) is 0 Å². The molecule has 1 aliphatic heterocycles. The van der Waals surface area contributed by atoms with Gasteiger partial charge in [-0.05, 0) is 0 Å².